The molecule has 0 radical (unpaired) electrons. The summed E-state index contributed by atoms with van der Waals surface area (Å²) in [5.41, 5.74) is 9.31. The summed E-state index contributed by atoms with van der Waals surface area (Å²) >= 11 is 0. The van der Waals surface area contributed by atoms with Crippen LogP contribution >= 0.6 is 0 Å². The van der Waals surface area contributed by atoms with Gasteiger partial charge in [0.1, 0.15) is 29.3 Å². The number of allylic oxidation sites excluding steroid dienone is 3. The monoisotopic (exact) mass is 501 g/mol. The van der Waals surface area contributed by atoms with Crippen LogP contribution in [0.3, 0.4) is 0 Å². The molecular formula is C27H28FN7O2. The van der Waals surface area contributed by atoms with Gasteiger partial charge in [0.2, 0.25) is 5.91 Å². The predicted octanol–water partition coefficient (Wildman–Crippen LogP) is 5.25. The summed E-state index contributed by atoms with van der Waals surface area (Å²) in [4.78, 5) is 35.6. The van der Waals surface area contributed by atoms with E-state index < -0.39 is 5.82 Å². The summed E-state index contributed by atoms with van der Waals surface area (Å²) in [5, 5.41) is 8.10. The second kappa shape index (κ2) is 9.17. The van der Waals surface area contributed by atoms with Crippen molar-refractivity contribution in [2.45, 2.75) is 58.0 Å². The Labute approximate surface area is 213 Å². The Balaban J connectivity index is 1.48. The van der Waals surface area contributed by atoms with Crippen LogP contribution in [0.4, 0.5) is 15.9 Å². The lowest BCUT2D eigenvalue weighted by molar-refractivity contribution is -0.136. The van der Waals surface area contributed by atoms with E-state index in [2.05, 4.69) is 34.2 Å². The molecule has 1 amide bonds. The van der Waals surface area contributed by atoms with Gasteiger partial charge in [-0.2, -0.15) is 5.10 Å². The van der Waals surface area contributed by atoms with E-state index in [-0.39, 0.29) is 29.4 Å². The fourth-order valence-electron chi connectivity index (χ4n) is 6.18. The number of nitrogens with zero attached hydrogens (tertiary/aromatic N) is 6. The predicted molar refractivity (Wildman–Crippen MR) is 138 cm³/mol. The zero-order valence-corrected chi connectivity index (χ0v) is 20.6. The second-order valence-electron chi connectivity index (χ2n) is 10.3. The van der Waals surface area contributed by atoms with Gasteiger partial charge in [0, 0.05) is 23.4 Å². The first kappa shape index (κ1) is 23.4. The van der Waals surface area contributed by atoms with Crippen molar-refractivity contribution in [2.24, 2.45) is 17.0 Å². The maximum Gasteiger partial charge on any atom is 0.234 e. The molecule has 0 spiro atoms. The van der Waals surface area contributed by atoms with E-state index in [1.165, 1.54) is 18.5 Å². The van der Waals surface area contributed by atoms with Gasteiger partial charge in [0.05, 0.1) is 17.8 Å². The Morgan fingerprint density at radius 1 is 1.16 bits per heavy atom. The Kier molecular flexibility index (Phi) is 5.81. The van der Waals surface area contributed by atoms with Crippen LogP contribution in [-0.4, -0.2) is 36.6 Å². The number of nitroso groups, excluding NO2 is 1. The van der Waals surface area contributed by atoms with Crippen LogP contribution < -0.4 is 5.73 Å². The molecule has 190 valence electrons. The van der Waals surface area contributed by atoms with Crippen LogP contribution in [-0.2, 0) is 11.3 Å². The normalized spacial score (nSPS) is 22.2. The van der Waals surface area contributed by atoms with Crippen LogP contribution in [0.2, 0.25) is 0 Å². The highest BCUT2D eigenvalue weighted by molar-refractivity contribution is 5.98. The molecule has 10 heteroatoms. The molecule has 3 aliphatic rings. The lowest BCUT2D eigenvalue weighted by atomic mass is 9.76. The van der Waals surface area contributed by atoms with Crippen LogP contribution in [0.5, 0.6) is 0 Å². The van der Waals surface area contributed by atoms with Gasteiger partial charge in [-0.1, -0.05) is 25.8 Å². The third-order valence-corrected chi connectivity index (χ3v) is 7.90. The fourth-order valence-corrected chi connectivity index (χ4v) is 6.18. The number of rotatable bonds is 5. The Hall–Kier alpha value is -3.95. The summed E-state index contributed by atoms with van der Waals surface area (Å²) in [6.45, 7) is 2.46. The zero-order chi connectivity index (χ0) is 25.7. The average molecular weight is 502 g/mol. The number of halogens is 1. The molecule has 37 heavy (non-hydrogen) atoms. The van der Waals surface area contributed by atoms with Crippen LogP contribution in [0, 0.1) is 22.6 Å². The number of hydrogen-bond acceptors (Lipinski definition) is 7. The number of nitrogens with two attached hydrogens (primary N) is 1. The van der Waals surface area contributed by atoms with Crippen molar-refractivity contribution in [1.82, 2.24) is 24.6 Å². The van der Waals surface area contributed by atoms with E-state index in [0.29, 0.717) is 34.8 Å². The van der Waals surface area contributed by atoms with Crippen molar-refractivity contribution < 1.29 is 9.18 Å². The maximum atomic E-state index is 14.3. The molecule has 2 aromatic heterocycles. The molecule has 2 unspecified atom stereocenters. The van der Waals surface area contributed by atoms with Gasteiger partial charge in [0.25, 0.3) is 0 Å². The molecule has 0 bridgehead atoms. The van der Waals surface area contributed by atoms with Crippen molar-refractivity contribution in [2.75, 3.05) is 5.73 Å². The molecule has 9 nitrogen and oxygen atoms in total. The van der Waals surface area contributed by atoms with Crippen molar-refractivity contribution in [3.63, 3.8) is 0 Å². The molecular weight excluding hydrogens is 473 g/mol. The number of hydrogen-bond donors (Lipinski definition) is 1. The van der Waals surface area contributed by atoms with E-state index in [4.69, 9.17) is 10.8 Å². The molecule has 1 aromatic carbocycles. The average Bonchev–Trinajstić information content (AvgIpc) is 3.53. The summed E-state index contributed by atoms with van der Waals surface area (Å²) < 4.78 is 16.0. The van der Waals surface area contributed by atoms with Gasteiger partial charge in [-0.15, -0.1) is 4.91 Å². The largest absolute Gasteiger partial charge is 0.383 e. The number of fused-ring (bicyclic) bond motifs is 2. The lowest BCUT2D eigenvalue weighted by Gasteiger charge is -2.41. The number of nitrogen functional groups attached to an aromatic ring is 1. The van der Waals surface area contributed by atoms with E-state index in [0.717, 1.165) is 55.9 Å². The smallest absolute Gasteiger partial charge is 0.234 e. The van der Waals surface area contributed by atoms with Gasteiger partial charge in [-0.05, 0) is 60.6 Å². The quantitative estimate of drug-likeness (QED) is 0.477. The Morgan fingerprint density at radius 2 is 1.97 bits per heavy atom. The highest BCUT2D eigenvalue weighted by atomic mass is 19.1. The molecule has 3 heterocycles. The van der Waals surface area contributed by atoms with Gasteiger partial charge in [-0.25, -0.2) is 19.0 Å². The zero-order valence-electron chi connectivity index (χ0n) is 20.6. The van der Waals surface area contributed by atoms with Crippen LogP contribution in [0.1, 0.15) is 45.4 Å². The summed E-state index contributed by atoms with van der Waals surface area (Å²) in [7, 11) is 0. The number of carbonyl (C=O) groups is 1. The minimum absolute atomic E-state index is 0.0505. The topological polar surface area (TPSA) is 119 Å². The van der Waals surface area contributed by atoms with Gasteiger partial charge < -0.3 is 10.6 Å². The minimum Gasteiger partial charge on any atom is -0.383 e. The second-order valence-corrected chi connectivity index (χ2v) is 10.3. The van der Waals surface area contributed by atoms with Crippen molar-refractivity contribution in [3.05, 3.63) is 58.7 Å². The van der Waals surface area contributed by atoms with Crippen LogP contribution in [0.25, 0.3) is 22.3 Å². The Bertz CT molecular complexity index is 1470. The molecule has 1 aliphatic heterocycles. The number of benzene rings is 1. The first-order valence-corrected chi connectivity index (χ1v) is 12.8. The molecule has 3 aromatic rings. The van der Waals surface area contributed by atoms with E-state index in [1.807, 2.05) is 4.90 Å². The maximum absolute atomic E-state index is 14.3. The standard InChI is InChI=1S/C27H28FN7O2/c1-15-5-4-6-16-11-21(35(27(36)22(15)16)20-7-2-3-8-20)13-34-26-23(25(29)30-14-31-26)24(32-34)17-9-18(28)12-19(10-17)33-37/h6,9-12,14-15,20,22H,2-5,7-8,13H2,1H3,(H2,29,30,31). The SMILES string of the molecule is CC1CCC=C2C=C(Cn3nc(-c4cc(F)cc(N=O)c4)c4c(N)ncnc43)N(C3CCCC3)C(=O)C21. The number of amides is 1. The van der Waals surface area contributed by atoms with E-state index in [9.17, 15) is 14.1 Å². The lowest BCUT2D eigenvalue weighted by Crippen LogP contribution is -2.48. The van der Waals surface area contributed by atoms with Gasteiger partial charge in [0.15, 0.2) is 5.65 Å². The number of aromatic nitrogens is 4. The molecule has 6 rings (SSSR count). The van der Waals surface area contributed by atoms with Crippen molar-refractivity contribution >= 4 is 28.4 Å². The van der Waals surface area contributed by atoms with Crippen molar-refractivity contribution in [1.29, 1.82) is 0 Å². The Morgan fingerprint density at radius 3 is 2.76 bits per heavy atom. The molecule has 2 aliphatic carbocycles. The van der Waals surface area contributed by atoms with E-state index >= 15 is 0 Å². The third-order valence-electron chi connectivity index (χ3n) is 7.90. The molecule has 2 atom stereocenters. The fraction of sp³-hybridized carbons (Fsp3) is 0.407. The van der Waals surface area contributed by atoms with Gasteiger partial charge >= 0.3 is 0 Å². The highest BCUT2D eigenvalue weighted by Crippen LogP contribution is 2.41. The molecule has 0 saturated heterocycles. The highest BCUT2D eigenvalue weighted by Gasteiger charge is 2.41. The molecule has 2 N–H and O–H groups in total. The summed E-state index contributed by atoms with van der Waals surface area (Å²) in [5.74, 6) is -0.0560. The summed E-state index contributed by atoms with van der Waals surface area (Å²) in [6, 6.07) is 3.96. The van der Waals surface area contributed by atoms with Crippen molar-refractivity contribution in [3.8, 4) is 11.3 Å². The minimum atomic E-state index is -0.609. The first-order chi connectivity index (χ1) is 17.9. The van der Waals surface area contributed by atoms with E-state index in [1.54, 1.807) is 4.68 Å². The third kappa shape index (κ3) is 4.00. The first-order valence-electron chi connectivity index (χ1n) is 12.8. The molecule has 1 saturated carbocycles. The number of carbonyl (C=O) groups excluding carboxylic acids is 1. The number of anilines is 1. The molecule has 1 fully saturated rings. The van der Waals surface area contributed by atoms with Crippen LogP contribution in [0.15, 0.2) is 53.1 Å². The summed E-state index contributed by atoms with van der Waals surface area (Å²) in [6.07, 6.45) is 11.8. The van der Waals surface area contributed by atoms with Gasteiger partial charge in [-0.3, -0.25) is 4.79 Å².